The highest BCUT2D eigenvalue weighted by atomic mass is 19.4. The molecular formula is C21H18F3N3O6. The number of H-pyrrole nitrogens is 1. The van der Waals surface area contributed by atoms with Crippen molar-refractivity contribution in [2.45, 2.75) is 12.3 Å². The number of amides is 1. The largest absolute Gasteiger partial charge is 0.496 e. The Hall–Kier alpha value is -4.22. The Bertz CT molecular complexity index is 1120. The summed E-state index contributed by atoms with van der Waals surface area (Å²) in [7, 11) is 1.58. The van der Waals surface area contributed by atoms with Gasteiger partial charge in [0.2, 0.25) is 6.10 Å². The van der Waals surface area contributed by atoms with E-state index in [2.05, 4.69) is 15.5 Å². The topological polar surface area (TPSA) is 123 Å². The molecule has 3 aromatic rings. The Morgan fingerprint density at radius 3 is 2.52 bits per heavy atom. The fourth-order valence-corrected chi connectivity index (χ4v) is 2.78. The third-order valence-corrected chi connectivity index (χ3v) is 4.32. The second-order valence-corrected chi connectivity index (χ2v) is 6.56. The van der Waals surface area contributed by atoms with Crippen LogP contribution in [0.4, 0.5) is 18.9 Å². The molecular weight excluding hydrogens is 447 g/mol. The van der Waals surface area contributed by atoms with E-state index in [4.69, 9.17) is 24.1 Å². The fraction of sp³-hybridized carbons (Fsp3) is 0.190. The number of alkyl halides is 3. The first-order valence-corrected chi connectivity index (χ1v) is 9.35. The number of fused-ring (bicyclic) bond motifs is 1. The number of carbonyl (C=O) groups is 2. The molecule has 33 heavy (non-hydrogen) atoms. The number of aromatic amines is 1. The minimum atomic E-state index is -5.08. The summed E-state index contributed by atoms with van der Waals surface area (Å²) in [6, 6.07) is 12.7. The molecule has 2 heterocycles. The lowest BCUT2D eigenvalue weighted by Crippen LogP contribution is -2.40. The Kier molecular flexibility index (Phi) is 7.06. The van der Waals surface area contributed by atoms with E-state index in [1.165, 1.54) is 0 Å². The fourth-order valence-electron chi connectivity index (χ4n) is 2.78. The van der Waals surface area contributed by atoms with Crippen LogP contribution < -0.4 is 19.5 Å². The number of hydrogen-bond donors (Lipinski definition) is 3. The number of carboxylic acid groups (broad SMARTS) is 1. The molecule has 0 fully saturated rings. The van der Waals surface area contributed by atoms with Crippen LogP contribution in [0, 0.1) is 0 Å². The second kappa shape index (κ2) is 9.94. The summed E-state index contributed by atoms with van der Waals surface area (Å²) >= 11 is 0. The van der Waals surface area contributed by atoms with Crippen molar-refractivity contribution in [3.05, 3.63) is 54.9 Å². The van der Waals surface area contributed by atoms with Gasteiger partial charge >= 0.3 is 12.1 Å². The number of anilines is 1. The van der Waals surface area contributed by atoms with E-state index in [1.54, 1.807) is 37.7 Å². The van der Waals surface area contributed by atoms with Gasteiger partial charge in [-0.15, -0.1) is 0 Å². The van der Waals surface area contributed by atoms with Gasteiger partial charge in [-0.1, -0.05) is 12.1 Å². The van der Waals surface area contributed by atoms with Crippen LogP contribution in [0.15, 0.2) is 54.9 Å². The quantitative estimate of drug-likeness (QED) is 0.539. The minimum Gasteiger partial charge on any atom is -0.496 e. The lowest BCUT2D eigenvalue weighted by molar-refractivity contribution is -0.192. The van der Waals surface area contributed by atoms with E-state index in [0.717, 1.165) is 11.1 Å². The van der Waals surface area contributed by atoms with Crippen LogP contribution in [-0.4, -0.2) is 53.2 Å². The number of nitrogens with one attached hydrogen (secondary N) is 2. The molecule has 0 saturated heterocycles. The summed E-state index contributed by atoms with van der Waals surface area (Å²) in [4.78, 5) is 21.4. The van der Waals surface area contributed by atoms with Gasteiger partial charge in [0.05, 0.1) is 13.3 Å². The summed E-state index contributed by atoms with van der Waals surface area (Å²) in [6.45, 7) is 0.160. The first-order valence-electron chi connectivity index (χ1n) is 9.35. The molecule has 1 atom stereocenters. The van der Waals surface area contributed by atoms with Crippen molar-refractivity contribution in [2.75, 3.05) is 19.0 Å². The number of ether oxygens (including phenoxy) is 3. The van der Waals surface area contributed by atoms with E-state index in [-0.39, 0.29) is 12.5 Å². The molecule has 12 heteroatoms. The third kappa shape index (κ3) is 5.93. The van der Waals surface area contributed by atoms with Gasteiger partial charge in [-0.05, 0) is 24.3 Å². The van der Waals surface area contributed by atoms with Gasteiger partial charge in [-0.25, -0.2) is 4.79 Å². The Morgan fingerprint density at radius 2 is 1.91 bits per heavy atom. The van der Waals surface area contributed by atoms with E-state index in [0.29, 0.717) is 22.9 Å². The zero-order valence-corrected chi connectivity index (χ0v) is 17.1. The number of halogens is 3. The monoisotopic (exact) mass is 465 g/mol. The first kappa shape index (κ1) is 23.4. The van der Waals surface area contributed by atoms with Crippen LogP contribution in [0.25, 0.3) is 11.1 Å². The maximum atomic E-state index is 12.5. The number of rotatable bonds is 4. The minimum absolute atomic E-state index is 0.160. The van der Waals surface area contributed by atoms with E-state index < -0.39 is 18.2 Å². The molecule has 0 spiro atoms. The zero-order valence-electron chi connectivity index (χ0n) is 17.1. The van der Waals surface area contributed by atoms with Gasteiger partial charge < -0.3 is 24.6 Å². The number of hydrogen-bond acceptors (Lipinski definition) is 6. The molecule has 0 aliphatic carbocycles. The van der Waals surface area contributed by atoms with E-state index in [1.807, 2.05) is 24.3 Å². The summed E-state index contributed by atoms with van der Waals surface area (Å²) in [5.41, 5.74) is 2.40. The Labute approximate surface area is 185 Å². The second-order valence-electron chi connectivity index (χ2n) is 6.56. The molecule has 0 saturated carbocycles. The highest BCUT2D eigenvalue weighted by molar-refractivity contribution is 5.95. The van der Waals surface area contributed by atoms with Gasteiger partial charge in [-0.2, -0.15) is 18.3 Å². The van der Waals surface area contributed by atoms with Gasteiger partial charge in [-0.3, -0.25) is 9.89 Å². The lowest BCUT2D eigenvalue weighted by atomic mass is 10.1. The van der Waals surface area contributed by atoms with Crippen LogP contribution in [0.3, 0.4) is 0 Å². The van der Waals surface area contributed by atoms with Crippen molar-refractivity contribution < 1.29 is 42.1 Å². The summed E-state index contributed by atoms with van der Waals surface area (Å²) in [5.74, 6) is -1.20. The molecule has 9 nitrogen and oxygen atoms in total. The lowest BCUT2D eigenvalue weighted by Gasteiger charge is -2.25. The number of nitrogens with zero attached hydrogens (tertiary/aromatic N) is 1. The number of aliphatic carboxylic acids is 1. The highest BCUT2D eigenvalue weighted by Gasteiger charge is 2.38. The van der Waals surface area contributed by atoms with Crippen LogP contribution in [0.5, 0.6) is 17.2 Å². The van der Waals surface area contributed by atoms with Gasteiger partial charge in [0.25, 0.3) is 5.91 Å². The molecule has 4 rings (SSSR count). The normalized spacial score (nSPS) is 14.5. The predicted octanol–water partition coefficient (Wildman–Crippen LogP) is 3.50. The molecule has 1 aliphatic rings. The molecule has 0 radical (unpaired) electrons. The average molecular weight is 465 g/mol. The number of methoxy groups -OCH3 is 1. The number of carboxylic acids is 1. The third-order valence-electron chi connectivity index (χ3n) is 4.32. The maximum Gasteiger partial charge on any atom is 0.490 e. The van der Waals surface area contributed by atoms with Crippen molar-refractivity contribution in [1.82, 2.24) is 10.2 Å². The van der Waals surface area contributed by atoms with Crippen molar-refractivity contribution in [3.8, 4) is 28.4 Å². The molecule has 1 aliphatic heterocycles. The number of carbonyl (C=O) groups excluding carboxylic acids is 1. The smallest absolute Gasteiger partial charge is 0.490 e. The van der Waals surface area contributed by atoms with Crippen molar-refractivity contribution in [3.63, 3.8) is 0 Å². The van der Waals surface area contributed by atoms with Crippen LogP contribution >= 0.6 is 0 Å². The molecule has 174 valence electrons. The molecule has 1 amide bonds. The van der Waals surface area contributed by atoms with E-state index in [9.17, 15) is 18.0 Å². The predicted molar refractivity (Wildman–Crippen MR) is 109 cm³/mol. The highest BCUT2D eigenvalue weighted by Crippen LogP contribution is 2.33. The SMILES string of the molecule is COc1cc(NC(=O)C2COc3ccccc3O2)ccc1-c1cn[nH]c1.O=C(O)C(F)(F)F. The summed E-state index contributed by atoms with van der Waals surface area (Å²) in [5, 5.41) is 16.7. The number of para-hydroxylation sites is 2. The average Bonchev–Trinajstić information content (AvgIpc) is 3.33. The molecule has 2 aromatic carbocycles. The zero-order chi connectivity index (χ0) is 24.0. The van der Waals surface area contributed by atoms with Crippen molar-refractivity contribution in [1.29, 1.82) is 0 Å². The number of benzene rings is 2. The van der Waals surface area contributed by atoms with E-state index >= 15 is 0 Å². The maximum absolute atomic E-state index is 12.5. The molecule has 3 N–H and O–H groups in total. The first-order chi connectivity index (χ1) is 15.7. The summed E-state index contributed by atoms with van der Waals surface area (Å²) in [6.07, 6.45) is -2.31. The van der Waals surface area contributed by atoms with Crippen molar-refractivity contribution >= 4 is 17.6 Å². The van der Waals surface area contributed by atoms with Crippen LogP contribution in [0.2, 0.25) is 0 Å². The van der Waals surface area contributed by atoms with Crippen LogP contribution in [0.1, 0.15) is 0 Å². The van der Waals surface area contributed by atoms with Crippen molar-refractivity contribution in [2.24, 2.45) is 0 Å². The Balaban J connectivity index is 0.000000383. The number of aromatic nitrogens is 2. The molecule has 1 aromatic heterocycles. The van der Waals surface area contributed by atoms with Gasteiger partial charge in [0.15, 0.2) is 11.5 Å². The standard InChI is InChI=1S/C19H17N3O4.C2HF3O2/c1-24-17-8-13(6-7-14(17)12-9-20-21-10-12)22-19(23)18-11-25-15-4-2-3-5-16(15)26-18;3-2(4,5)1(6)7/h2-10,18H,11H2,1H3,(H,20,21)(H,22,23);(H,6,7). The Morgan fingerprint density at radius 1 is 1.21 bits per heavy atom. The molecule has 0 bridgehead atoms. The van der Waals surface area contributed by atoms with Gasteiger partial charge in [0, 0.05) is 29.1 Å². The summed E-state index contributed by atoms with van der Waals surface area (Å²) < 4.78 is 48.5. The van der Waals surface area contributed by atoms with Crippen LogP contribution in [-0.2, 0) is 9.59 Å². The van der Waals surface area contributed by atoms with Gasteiger partial charge in [0.1, 0.15) is 12.4 Å². The molecule has 1 unspecified atom stereocenters.